The fourth-order valence-electron chi connectivity index (χ4n) is 5.98. The monoisotopic (exact) mass is 332 g/mol. The van der Waals surface area contributed by atoms with Gasteiger partial charge in [-0.05, 0) is 43.4 Å². The van der Waals surface area contributed by atoms with Crippen LogP contribution in [0.5, 0.6) is 0 Å². The van der Waals surface area contributed by atoms with E-state index in [9.17, 15) is 9.59 Å². The standard InChI is InChI=1S/C20H32N2O2/c1-16(21-14-19(12-17(21)23)8-4-2-5-9-19)22-15-20(13-18(22)24)10-6-3-7-11-20/h16H,2-15H2,1H3. The molecular formula is C20H32N2O2. The summed E-state index contributed by atoms with van der Waals surface area (Å²) in [5.41, 5.74) is 0.434. The van der Waals surface area contributed by atoms with Crippen molar-refractivity contribution < 1.29 is 9.59 Å². The molecule has 2 heterocycles. The Kier molecular flexibility index (Phi) is 4.12. The Hall–Kier alpha value is -1.06. The number of hydrogen-bond donors (Lipinski definition) is 0. The Balaban J connectivity index is 1.46. The fourth-order valence-corrected chi connectivity index (χ4v) is 5.98. The van der Waals surface area contributed by atoms with Gasteiger partial charge in [0.1, 0.15) is 6.17 Å². The zero-order valence-corrected chi connectivity index (χ0v) is 15.2. The number of carbonyl (C=O) groups is 2. The first kappa shape index (κ1) is 16.4. The molecule has 0 atom stereocenters. The molecule has 4 fully saturated rings. The first-order chi connectivity index (χ1) is 11.5. The van der Waals surface area contributed by atoms with Crippen molar-refractivity contribution in [2.24, 2.45) is 10.8 Å². The molecule has 4 aliphatic rings. The number of hydrogen-bond acceptors (Lipinski definition) is 2. The van der Waals surface area contributed by atoms with Crippen LogP contribution in [0.1, 0.15) is 84.0 Å². The van der Waals surface area contributed by atoms with Crippen LogP contribution in [0.2, 0.25) is 0 Å². The first-order valence-electron chi connectivity index (χ1n) is 10.1. The van der Waals surface area contributed by atoms with E-state index in [1.807, 2.05) is 9.80 Å². The molecule has 134 valence electrons. The summed E-state index contributed by atoms with van der Waals surface area (Å²) < 4.78 is 0. The van der Waals surface area contributed by atoms with Crippen LogP contribution < -0.4 is 0 Å². The van der Waals surface area contributed by atoms with Gasteiger partial charge >= 0.3 is 0 Å². The number of likely N-dealkylation sites (tertiary alicyclic amines) is 2. The van der Waals surface area contributed by atoms with Gasteiger partial charge in [-0.2, -0.15) is 0 Å². The maximum atomic E-state index is 12.7. The average molecular weight is 332 g/mol. The van der Waals surface area contributed by atoms with Crippen molar-refractivity contribution in [1.29, 1.82) is 0 Å². The normalized spacial score (nSPS) is 29.4. The molecule has 2 amide bonds. The number of rotatable bonds is 2. The lowest BCUT2D eigenvalue weighted by molar-refractivity contribution is -0.139. The smallest absolute Gasteiger partial charge is 0.224 e. The first-order valence-corrected chi connectivity index (χ1v) is 10.1. The van der Waals surface area contributed by atoms with Gasteiger partial charge in [0.2, 0.25) is 11.8 Å². The molecule has 0 aromatic rings. The van der Waals surface area contributed by atoms with Crippen LogP contribution in [-0.2, 0) is 9.59 Å². The van der Waals surface area contributed by atoms with Gasteiger partial charge in [0.15, 0.2) is 0 Å². The zero-order chi connectivity index (χ0) is 16.8. The lowest BCUT2D eigenvalue weighted by Crippen LogP contribution is -2.49. The van der Waals surface area contributed by atoms with Gasteiger partial charge < -0.3 is 9.80 Å². The third-order valence-electron chi connectivity index (χ3n) is 7.44. The van der Waals surface area contributed by atoms with Crippen LogP contribution in [0.4, 0.5) is 0 Å². The maximum absolute atomic E-state index is 12.7. The molecule has 0 radical (unpaired) electrons. The minimum atomic E-state index is -0.0485. The van der Waals surface area contributed by atoms with E-state index in [-0.39, 0.29) is 28.8 Å². The maximum Gasteiger partial charge on any atom is 0.224 e. The van der Waals surface area contributed by atoms with E-state index < -0.39 is 0 Å². The summed E-state index contributed by atoms with van der Waals surface area (Å²) in [5.74, 6) is 0.559. The lowest BCUT2D eigenvalue weighted by Gasteiger charge is -2.38. The summed E-state index contributed by atoms with van der Waals surface area (Å²) in [5, 5.41) is 0. The van der Waals surface area contributed by atoms with Crippen molar-refractivity contribution in [3.8, 4) is 0 Å². The third-order valence-corrected chi connectivity index (χ3v) is 7.44. The highest BCUT2D eigenvalue weighted by molar-refractivity contribution is 5.83. The molecule has 0 bridgehead atoms. The topological polar surface area (TPSA) is 40.6 Å². The van der Waals surface area contributed by atoms with Gasteiger partial charge in [-0.15, -0.1) is 0 Å². The van der Waals surface area contributed by atoms with Gasteiger partial charge in [0, 0.05) is 25.9 Å². The van der Waals surface area contributed by atoms with Crippen molar-refractivity contribution in [3.05, 3.63) is 0 Å². The average Bonchev–Trinajstić information content (AvgIpc) is 3.06. The number of carbonyl (C=O) groups excluding carboxylic acids is 2. The number of nitrogens with zero attached hydrogens (tertiary/aromatic N) is 2. The summed E-state index contributed by atoms with van der Waals surface area (Å²) in [6.45, 7) is 3.84. The van der Waals surface area contributed by atoms with Gasteiger partial charge in [-0.25, -0.2) is 0 Å². The molecule has 0 aromatic heterocycles. The SMILES string of the molecule is CC(N1CC2(CCCCC2)CC1=O)N1CC2(CCCCC2)CC1=O. The highest BCUT2D eigenvalue weighted by Crippen LogP contribution is 2.47. The molecule has 2 saturated carbocycles. The van der Waals surface area contributed by atoms with Crippen LogP contribution in [0.3, 0.4) is 0 Å². The highest BCUT2D eigenvalue weighted by atomic mass is 16.2. The molecule has 0 N–H and O–H groups in total. The second kappa shape index (κ2) is 6.03. The molecule has 4 nitrogen and oxygen atoms in total. The van der Waals surface area contributed by atoms with Crippen LogP contribution in [0.25, 0.3) is 0 Å². The lowest BCUT2D eigenvalue weighted by atomic mass is 9.73. The minimum Gasteiger partial charge on any atom is -0.322 e. The summed E-state index contributed by atoms with van der Waals surface area (Å²) in [7, 11) is 0. The second-order valence-electron chi connectivity index (χ2n) is 9.15. The highest BCUT2D eigenvalue weighted by Gasteiger charge is 2.50. The largest absolute Gasteiger partial charge is 0.322 e. The predicted molar refractivity (Wildman–Crippen MR) is 93.2 cm³/mol. The Morgan fingerprint density at radius 1 is 0.708 bits per heavy atom. The Morgan fingerprint density at radius 3 is 1.46 bits per heavy atom. The summed E-state index contributed by atoms with van der Waals surface area (Å²) in [6.07, 6.45) is 13.9. The predicted octanol–water partition coefficient (Wildman–Crippen LogP) is 3.70. The molecule has 2 aliphatic heterocycles. The molecule has 24 heavy (non-hydrogen) atoms. The fraction of sp³-hybridized carbons (Fsp3) is 0.900. The van der Waals surface area contributed by atoms with E-state index >= 15 is 0 Å². The van der Waals surface area contributed by atoms with E-state index in [2.05, 4.69) is 6.92 Å². The van der Waals surface area contributed by atoms with Crippen LogP contribution in [-0.4, -0.2) is 40.9 Å². The number of amides is 2. The Morgan fingerprint density at radius 2 is 1.08 bits per heavy atom. The third kappa shape index (κ3) is 2.76. The van der Waals surface area contributed by atoms with Gasteiger partial charge in [-0.1, -0.05) is 38.5 Å². The van der Waals surface area contributed by atoms with Crippen molar-refractivity contribution in [2.45, 2.75) is 90.1 Å². The molecule has 4 rings (SSSR count). The molecule has 4 heteroatoms. The van der Waals surface area contributed by atoms with E-state index in [1.165, 1.54) is 64.2 Å². The summed E-state index contributed by atoms with van der Waals surface area (Å²) >= 11 is 0. The van der Waals surface area contributed by atoms with Gasteiger partial charge in [-0.3, -0.25) is 9.59 Å². The summed E-state index contributed by atoms with van der Waals surface area (Å²) in [4.78, 5) is 29.5. The van der Waals surface area contributed by atoms with Crippen molar-refractivity contribution in [2.75, 3.05) is 13.1 Å². The van der Waals surface area contributed by atoms with Crippen molar-refractivity contribution >= 4 is 11.8 Å². The van der Waals surface area contributed by atoms with E-state index in [4.69, 9.17) is 0 Å². The minimum absolute atomic E-state index is 0.0485. The molecule has 2 saturated heterocycles. The van der Waals surface area contributed by atoms with Gasteiger partial charge in [0.25, 0.3) is 0 Å². The van der Waals surface area contributed by atoms with Crippen molar-refractivity contribution in [1.82, 2.24) is 9.80 Å². The van der Waals surface area contributed by atoms with E-state index in [0.717, 1.165) is 13.1 Å². The quantitative estimate of drug-likeness (QED) is 0.773. The van der Waals surface area contributed by atoms with Crippen LogP contribution >= 0.6 is 0 Å². The van der Waals surface area contributed by atoms with Crippen LogP contribution in [0, 0.1) is 10.8 Å². The van der Waals surface area contributed by atoms with Gasteiger partial charge in [0.05, 0.1) is 0 Å². The molecular weight excluding hydrogens is 300 g/mol. The zero-order valence-electron chi connectivity index (χ0n) is 15.2. The van der Waals surface area contributed by atoms with E-state index in [0.29, 0.717) is 12.8 Å². The molecule has 2 spiro atoms. The Bertz CT molecular complexity index is 472. The van der Waals surface area contributed by atoms with E-state index in [1.54, 1.807) is 0 Å². The Labute approximate surface area is 145 Å². The molecule has 2 aliphatic carbocycles. The molecule has 0 unspecified atom stereocenters. The van der Waals surface area contributed by atoms with Crippen LogP contribution in [0.15, 0.2) is 0 Å². The second-order valence-corrected chi connectivity index (χ2v) is 9.15. The van der Waals surface area contributed by atoms with Crippen molar-refractivity contribution in [3.63, 3.8) is 0 Å². The molecule has 0 aromatic carbocycles. The summed E-state index contributed by atoms with van der Waals surface area (Å²) in [6, 6.07) is 0.